The van der Waals surface area contributed by atoms with E-state index < -0.39 is 37.6 Å². The van der Waals surface area contributed by atoms with Crippen LogP contribution in [-0.4, -0.2) is 35.8 Å². The van der Waals surface area contributed by atoms with Crippen molar-refractivity contribution in [1.29, 1.82) is 0 Å². The summed E-state index contributed by atoms with van der Waals surface area (Å²) < 4.78 is 67.3. The van der Waals surface area contributed by atoms with Crippen LogP contribution in [0.15, 0.2) is 53.8 Å². The Kier molecular flexibility index (Phi) is 7.10. The fourth-order valence-electron chi connectivity index (χ4n) is 2.71. The van der Waals surface area contributed by atoms with Crippen molar-refractivity contribution in [2.45, 2.75) is 18.0 Å². The first-order chi connectivity index (χ1) is 15.4. The lowest BCUT2D eigenvalue weighted by molar-refractivity contribution is -0.137. The highest BCUT2D eigenvalue weighted by Gasteiger charge is 2.35. The number of sulfonamides is 1. The van der Waals surface area contributed by atoms with Gasteiger partial charge < -0.3 is 0 Å². The van der Waals surface area contributed by atoms with Crippen molar-refractivity contribution < 1.29 is 26.4 Å². The third-order valence-electron chi connectivity index (χ3n) is 4.21. The Labute approximate surface area is 196 Å². The van der Waals surface area contributed by atoms with Gasteiger partial charge in [-0.2, -0.15) is 13.2 Å². The molecule has 2 heterocycles. The van der Waals surface area contributed by atoms with E-state index in [-0.39, 0.29) is 28.9 Å². The maximum atomic E-state index is 13.2. The van der Waals surface area contributed by atoms with Crippen LogP contribution >= 0.6 is 23.2 Å². The van der Waals surface area contributed by atoms with Crippen LogP contribution in [0.2, 0.25) is 10.0 Å². The number of nitrogens with zero attached hydrogens (tertiary/aromatic N) is 4. The molecule has 0 aliphatic rings. The second-order valence-corrected chi connectivity index (χ2v) is 8.92. The van der Waals surface area contributed by atoms with Crippen molar-refractivity contribution in [3.05, 3.63) is 70.2 Å². The molecule has 0 radical (unpaired) electrons. The molecule has 14 heteroatoms. The van der Waals surface area contributed by atoms with Crippen molar-refractivity contribution in [3.63, 3.8) is 0 Å². The Hall–Kier alpha value is -2.96. The smallest absolute Gasteiger partial charge is 0.277 e. The maximum absolute atomic E-state index is 13.2. The zero-order valence-corrected chi connectivity index (χ0v) is 19.0. The molecule has 0 atom stereocenters. The number of amides is 1. The highest BCUT2D eigenvalue weighted by molar-refractivity contribution is 7.92. The van der Waals surface area contributed by atoms with E-state index in [0.717, 1.165) is 29.3 Å². The van der Waals surface area contributed by atoms with Gasteiger partial charge in [0.15, 0.2) is 5.69 Å². The number of carbonyl (C=O) groups is 1. The van der Waals surface area contributed by atoms with Crippen LogP contribution < -0.4 is 9.62 Å². The topological polar surface area (TPSA) is 105 Å². The quantitative estimate of drug-likeness (QED) is 0.507. The zero-order chi connectivity index (χ0) is 24.4. The Balaban J connectivity index is 2.03. The number of halogens is 5. The molecule has 33 heavy (non-hydrogen) atoms. The minimum atomic E-state index is -4.88. The minimum absolute atomic E-state index is 0.0182. The van der Waals surface area contributed by atoms with E-state index in [1.165, 1.54) is 12.4 Å². The monoisotopic (exact) mass is 519 g/mol. The van der Waals surface area contributed by atoms with Crippen LogP contribution in [0.3, 0.4) is 0 Å². The molecule has 3 rings (SSSR count). The molecule has 0 spiro atoms. The van der Waals surface area contributed by atoms with Gasteiger partial charge >= 0.3 is 6.18 Å². The molecular weight excluding hydrogens is 506 g/mol. The van der Waals surface area contributed by atoms with E-state index in [0.29, 0.717) is 6.07 Å². The van der Waals surface area contributed by atoms with Gasteiger partial charge in [0.2, 0.25) is 5.95 Å². The average molecular weight is 520 g/mol. The lowest BCUT2D eigenvalue weighted by Gasteiger charge is -2.20. The summed E-state index contributed by atoms with van der Waals surface area (Å²) in [6.45, 7) is 1.76. The first kappa shape index (κ1) is 24.7. The fraction of sp³-hybridized carbons (Fsp3) is 0.158. The maximum Gasteiger partial charge on any atom is 0.417 e. The molecule has 1 aromatic carbocycles. The second kappa shape index (κ2) is 9.49. The number of hydrogen-bond donors (Lipinski definition) is 1. The van der Waals surface area contributed by atoms with Gasteiger partial charge in [-0.05, 0) is 37.3 Å². The summed E-state index contributed by atoms with van der Waals surface area (Å²) in [5.74, 6) is -0.715. The van der Waals surface area contributed by atoms with Gasteiger partial charge in [-0.3, -0.25) is 14.4 Å². The molecule has 174 valence electrons. The number of pyridine rings is 1. The van der Waals surface area contributed by atoms with Crippen molar-refractivity contribution in [1.82, 2.24) is 15.0 Å². The van der Waals surface area contributed by atoms with E-state index in [9.17, 15) is 26.4 Å². The number of benzene rings is 1. The van der Waals surface area contributed by atoms with Crippen LogP contribution in [0.25, 0.3) is 0 Å². The largest absolute Gasteiger partial charge is 0.417 e. The number of rotatable bonds is 6. The van der Waals surface area contributed by atoms with Crippen LogP contribution in [-0.2, 0) is 16.2 Å². The second-order valence-electron chi connectivity index (χ2n) is 6.39. The Morgan fingerprint density at radius 1 is 1.12 bits per heavy atom. The van der Waals surface area contributed by atoms with Crippen molar-refractivity contribution >= 4 is 50.8 Å². The normalized spacial score (nSPS) is 11.8. The predicted octanol–water partition coefficient (Wildman–Crippen LogP) is 4.66. The molecule has 0 aliphatic carbocycles. The molecule has 0 unspecified atom stereocenters. The highest BCUT2D eigenvalue weighted by atomic mass is 35.5. The SMILES string of the molecule is CCN(C(=O)c1ncc(Cl)cc1NS(=O)(=O)c1ccc(Cl)c(C(F)(F)F)c1)c1ncccn1. The van der Waals surface area contributed by atoms with Crippen molar-refractivity contribution in [2.24, 2.45) is 0 Å². The molecule has 0 saturated heterocycles. The van der Waals surface area contributed by atoms with Crippen LogP contribution in [0.4, 0.5) is 24.8 Å². The Morgan fingerprint density at radius 3 is 2.39 bits per heavy atom. The van der Waals surface area contributed by atoms with E-state index >= 15 is 0 Å². The molecule has 2 aromatic heterocycles. The molecule has 8 nitrogen and oxygen atoms in total. The van der Waals surface area contributed by atoms with Gasteiger partial charge in [0, 0.05) is 25.1 Å². The van der Waals surface area contributed by atoms with Crippen LogP contribution in [0, 0.1) is 0 Å². The average Bonchev–Trinajstić information content (AvgIpc) is 2.74. The van der Waals surface area contributed by atoms with Crippen LogP contribution in [0.5, 0.6) is 0 Å². The van der Waals surface area contributed by atoms with Gasteiger partial charge in [0.05, 0.1) is 26.2 Å². The lowest BCUT2D eigenvalue weighted by Crippen LogP contribution is -2.33. The molecule has 1 N–H and O–H groups in total. The Morgan fingerprint density at radius 2 is 1.79 bits per heavy atom. The van der Waals surface area contributed by atoms with Gasteiger partial charge in [0.25, 0.3) is 15.9 Å². The van der Waals surface area contributed by atoms with Gasteiger partial charge in [-0.1, -0.05) is 23.2 Å². The van der Waals surface area contributed by atoms with E-state index in [4.69, 9.17) is 23.2 Å². The summed E-state index contributed by atoms with van der Waals surface area (Å²) in [6, 6.07) is 4.76. The van der Waals surface area contributed by atoms with E-state index in [2.05, 4.69) is 19.7 Å². The minimum Gasteiger partial charge on any atom is -0.277 e. The summed E-state index contributed by atoms with van der Waals surface area (Å²) in [5, 5.41) is -0.682. The van der Waals surface area contributed by atoms with Crippen LogP contribution in [0.1, 0.15) is 23.0 Å². The number of anilines is 2. The molecule has 0 fully saturated rings. The predicted molar refractivity (Wildman–Crippen MR) is 116 cm³/mol. The number of nitrogens with one attached hydrogen (secondary N) is 1. The fourth-order valence-corrected chi connectivity index (χ4v) is 4.18. The van der Waals surface area contributed by atoms with Gasteiger partial charge in [0.1, 0.15) is 0 Å². The van der Waals surface area contributed by atoms with E-state index in [1.54, 1.807) is 13.0 Å². The van der Waals surface area contributed by atoms with Crippen molar-refractivity contribution in [2.75, 3.05) is 16.2 Å². The molecule has 3 aromatic rings. The third-order valence-corrected chi connectivity index (χ3v) is 6.11. The summed E-state index contributed by atoms with van der Waals surface area (Å²) in [5.41, 5.74) is -2.03. The third kappa shape index (κ3) is 5.52. The summed E-state index contributed by atoms with van der Waals surface area (Å²) in [4.78, 5) is 25.4. The standard InChI is InChI=1S/C19H14Cl2F3N5O3S/c1-2-29(18-25-6-3-7-26-18)17(30)16-15(8-11(20)10-27-16)28-33(31,32)12-4-5-14(21)13(9-12)19(22,23)24/h3-10,28H,2H2,1H3. The summed E-state index contributed by atoms with van der Waals surface area (Å²) >= 11 is 11.5. The number of aromatic nitrogens is 3. The first-order valence-electron chi connectivity index (χ1n) is 9.08. The van der Waals surface area contributed by atoms with E-state index in [1.807, 2.05) is 0 Å². The zero-order valence-electron chi connectivity index (χ0n) is 16.6. The molecule has 1 amide bonds. The lowest BCUT2D eigenvalue weighted by atomic mass is 10.2. The number of hydrogen-bond acceptors (Lipinski definition) is 6. The molecule has 0 bridgehead atoms. The summed E-state index contributed by atoms with van der Waals surface area (Å²) in [6.07, 6.45) is -0.930. The Bertz CT molecular complexity index is 1290. The van der Waals surface area contributed by atoms with Crippen molar-refractivity contribution in [3.8, 4) is 0 Å². The van der Waals surface area contributed by atoms with Gasteiger partial charge in [-0.25, -0.2) is 23.4 Å². The highest BCUT2D eigenvalue weighted by Crippen LogP contribution is 2.36. The van der Waals surface area contributed by atoms with Gasteiger partial charge in [-0.15, -0.1) is 0 Å². The molecule has 0 aliphatic heterocycles. The molecular formula is C19H14Cl2F3N5O3S. The first-order valence-corrected chi connectivity index (χ1v) is 11.3. The molecule has 0 saturated carbocycles. The summed E-state index contributed by atoms with van der Waals surface area (Å²) in [7, 11) is -4.59. The number of carbonyl (C=O) groups excluding carboxylic acids is 1. The number of alkyl halides is 3.